The van der Waals surface area contributed by atoms with E-state index in [4.69, 9.17) is 18.6 Å². The van der Waals surface area contributed by atoms with Crippen LogP contribution in [0.4, 0.5) is 0 Å². The molecule has 0 bridgehead atoms. The molecular formula is C22H16O6. The zero-order valence-corrected chi connectivity index (χ0v) is 15.2. The molecule has 0 amide bonds. The first kappa shape index (κ1) is 17.6. The summed E-state index contributed by atoms with van der Waals surface area (Å²) in [6.07, 6.45) is 1.54. The van der Waals surface area contributed by atoms with Crippen LogP contribution in [0.2, 0.25) is 0 Å². The molecule has 6 heteroatoms. The molecule has 2 heterocycles. The molecule has 0 fully saturated rings. The molecule has 1 aromatic heterocycles. The van der Waals surface area contributed by atoms with Crippen LogP contribution in [0, 0.1) is 6.92 Å². The Morgan fingerprint density at radius 3 is 2.43 bits per heavy atom. The maximum atomic E-state index is 12.5. The van der Waals surface area contributed by atoms with Crippen molar-refractivity contribution in [1.82, 2.24) is 0 Å². The number of aryl methyl sites for hydroxylation is 1. The number of Topliss-reactive ketones (excluding diaryl/α,β-unsaturated/α-hetero) is 1. The highest BCUT2D eigenvalue weighted by molar-refractivity contribution is 6.14. The summed E-state index contributed by atoms with van der Waals surface area (Å²) in [7, 11) is 1.55. The molecule has 1 aliphatic heterocycles. The van der Waals surface area contributed by atoms with Crippen LogP contribution in [0.15, 0.2) is 64.8 Å². The van der Waals surface area contributed by atoms with Gasteiger partial charge < -0.3 is 18.6 Å². The quantitative estimate of drug-likeness (QED) is 0.381. The summed E-state index contributed by atoms with van der Waals surface area (Å²) in [4.78, 5) is 24.8. The van der Waals surface area contributed by atoms with Crippen LogP contribution in [0.25, 0.3) is 6.08 Å². The van der Waals surface area contributed by atoms with E-state index in [1.165, 1.54) is 6.07 Å². The second kappa shape index (κ2) is 7.08. The number of hydrogen-bond donors (Lipinski definition) is 0. The summed E-state index contributed by atoms with van der Waals surface area (Å²) in [5, 5.41) is 0. The van der Waals surface area contributed by atoms with Crippen LogP contribution in [-0.4, -0.2) is 18.9 Å². The number of benzene rings is 2. The van der Waals surface area contributed by atoms with Crippen LogP contribution in [0.1, 0.15) is 32.2 Å². The minimum atomic E-state index is -0.520. The number of furan rings is 1. The normalized spacial score (nSPS) is 13.9. The van der Waals surface area contributed by atoms with Gasteiger partial charge in [0.2, 0.25) is 5.78 Å². The third-order valence-electron chi connectivity index (χ3n) is 4.21. The molecule has 0 N–H and O–H groups in total. The molecular weight excluding hydrogens is 360 g/mol. The average Bonchev–Trinajstić information content (AvgIpc) is 3.25. The zero-order chi connectivity index (χ0) is 19.7. The maximum absolute atomic E-state index is 12.5. The second-order valence-corrected chi connectivity index (χ2v) is 6.16. The van der Waals surface area contributed by atoms with Gasteiger partial charge >= 0.3 is 5.97 Å². The number of fused-ring (bicyclic) bond motifs is 1. The standard InChI is InChI=1S/C22H16O6/c1-13-3-6-16(26-13)12-20-21(23)18-10-9-17(11-19(18)28-20)27-22(24)14-4-7-15(25-2)8-5-14/h3-12H,1-2H3. The Labute approximate surface area is 160 Å². The molecule has 140 valence electrons. The summed E-state index contributed by atoms with van der Waals surface area (Å²) in [5.74, 6) is 1.91. The van der Waals surface area contributed by atoms with Crippen LogP contribution in [-0.2, 0) is 0 Å². The molecule has 0 unspecified atom stereocenters. The van der Waals surface area contributed by atoms with Gasteiger partial charge in [-0.05, 0) is 55.5 Å². The molecule has 4 rings (SSSR count). The SMILES string of the molecule is COc1ccc(C(=O)Oc2ccc3c(c2)OC(=Cc2ccc(C)o2)C3=O)cc1. The Bertz CT molecular complexity index is 1090. The van der Waals surface area contributed by atoms with Gasteiger partial charge in [-0.3, -0.25) is 4.79 Å². The number of rotatable bonds is 4. The van der Waals surface area contributed by atoms with Gasteiger partial charge in [-0.15, -0.1) is 0 Å². The monoisotopic (exact) mass is 376 g/mol. The van der Waals surface area contributed by atoms with Crippen molar-refractivity contribution in [3.63, 3.8) is 0 Å². The van der Waals surface area contributed by atoms with Crippen LogP contribution in [0.5, 0.6) is 17.2 Å². The number of ether oxygens (including phenoxy) is 3. The molecule has 2 aromatic carbocycles. The first-order chi connectivity index (χ1) is 13.5. The van der Waals surface area contributed by atoms with Gasteiger partial charge in [-0.25, -0.2) is 4.79 Å². The van der Waals surface area contributed by atoms with Crippen molar-refractivity contribution in [1.29, 1.82) is 0 Å². The lowest BCUT2D eigenvalue weighted by Gasteiger charge is -2.06. The topological polar surface area (TPSA) is 75.0 Å². The number of carbonyl (C=O) groups excluding carboxylic acids is 2. The fourth-order valence-electron chi connectivity index (χ4n) is 2.78. The molecule has 0 saturated carbocycles. The number of ketones is 1. The molecule has 6 nitrogen and oxygen atoms in total. The second-order valence-electron chi connectivity index (χ2n) is 6.16. The maximum Gasteiger partial charge on any atom is 0.343 e. The smallest absolute Gasteiger partial charge is 0.343 e. The zero-order valence-electron chi connectivity index (χ0n) is 15.2. The number of allylic oxidation sites excluding steroid dienone is 1. The molecule has 3 aromatic rings. The van der Waals surface area contributed by atoms with E-state index in [0.29, 0.717) is 28.4 Å². The van der Waals surface area contributed by atoms with Gasteiger partial charge in [0.05, 0.1) is 18.2 Å². The van der Waals surface area contributed by atoms with Gasteiger partial charge in [-0.2, -0.15) is 0 Å². The van der Waals surface area contributed by atoms with Gasteiger partial charge in [0.15, 0.2) is 5.76 Å². The molecule has 1 aliphatic rings. The predicted octanol–water partition coefficient (Wildman–Crippen LogP) is 4.43. The molecule has 0 atom stereocenters. The Kier molecular flexibility index (Phi) is 4.45. The Morgan fingerprint density at radius 1 is 1.00 bits per heavy atom. The molecule has 0 spiro atoms. The van der Waals surface area contributed by atoms with E-state index in [1.54, 1.807) is 61.7 Å². The first-order valence-corrected chi connectivity index (χ1v) is 8.54. The summed E-state index contributed by atoms with van der Waals surface area (Å²) in [6.45, 7) is 1.82. The van der Waals surface area contributed by atoms with Crippen molar-refractivity contribution in [2.24, 2.45) is 0 Å². The Hall–Kier alpha value is -3.80. The minimum Gasteiger partial charge on any atom is -0.497 e. The summed E-state index contributed by atoms with van der Waals surface area (Å²) < 4.78 is 21.5. The Balaban J connectivity index is 1.52. The lowest BCUT2D eigenvalue weighted by Crippen LogP contribution is -2.08. The van der Waals surface area contributed by atoms with Gasteiger partial charge in [0, 0.05) is 12.1 Å². The van der Waals surface area contributed by atoms with Gasteiger partial charge in [0.1, 0.15) is 28.8 Å². The average molecular weight is 376 g/mol. The van der Waals surface area contributed by atoms with E-state index in [2.05, 4.69) is 0 Å². The third kappa shape index (κ3) is 3.40. The van der Waals surface area contributed by atoms with Crippen molar-refractivity contribution in [2.45, 2.75) is 6.92 Å². The third-order valence-corrected chi connectivity index (χ3v) is 4.21. The molecule has 0 aliphatic carbocycles. The lowest BCUT2D eigenvalue weighted by molar-refractivity contribution is 0.0734. The van der Waals surface area contributed by atoms with Crippen molar-refractivity contribution in [2.75, 3.05) is 7.11 Å². The summed E-state index contributed by atoms with van der Waals surface area (Å²) >= 11 is 0. The fourth-order valence-corrected chi connectivity index (χ4v) is 2.78. The number of esters is 1. The van der Waals surface area contributed by atoms with E-state index in [9.17, 15) is 9.59 Å². The predicted molar refractivity (Wildman–Crippen MR) is 101 cm³/mol. The highest BCUT2D eigenvalue weighted by atomic mass is 16.5. The van der Waals surface area contributed by atoms with E-state index in [0.717, 1.165) is 5.76 Å². The van der Waals surface area contributed by atoms with Crippen LogP contribution >= 0.6 is 0 Å². The number of carbonyl (C=O) groups is 2. The summed E-state index contributed by atoms with van der Waals surface area (Å²) in [5.41, 5.74) is 0.783. The van der Waals surface area contributed by atoms with Crippen molar-refractivity contribution in [3.05, 3.63) is 83.0 Å². The highest BCUT2D eigenvalue weighted by Gasteiger charge is 2.28. The largest absolute Gasteiger partial charge is 0.497 e. The minimum absolute atomic E-state index is 0.156. The van der Waals surface area contributed by atoms with E-state index in [-0.39, 0.29) is 17.3 Å². The van der Waals surface area contributed by atoms with Crippen molar-refractivity contribution >= 4 is 17.8 Å². The van der Waals surface area contributed by atoms with Crippen LogP contribution in [0.3, 0.4) is 0 Å². The van der Waals surface area contributed by atoms with E-state index in [1.807, 2.05) is 6.92 Å². The number of hydrogen-bond acceptors (Lipinski definition) is 6. The summed E-state index contributed by atoms with van der Waals surface area (Å²) in [6, 6.07) is 14.8. The number of methoxy groups -OCH3 is 1. The van der Waals surface area contributed by atoms with Gasteiger partial charge in [-0.1, -0.05) is 0 Å². The Morgan fingerprint density at radius 2 is 1.75 bits per heavy atom. The highest BCUT2D eigenvalue weighted by Crippen LogP contribution is 2.35. The lowest BCUT2D eigenvalue weighted by atomic mass is 10.1. The van der Waals surface area contributed by atoms with Crippen molar-refractivity contribution in [3.8, 4) is 17.2 Å². The molecule has 0 radical (unpaired) electrons. The fraction of sp³-hybridized carbons (Fsp3) is 0.0909. The van der Waals surface area contributed by atoms with E-state index >= 15 is 0 Å². The van der Waals surface area contributed by atoms with Crippen LogP contribution < -0.4 is 14.2 Å². The van der Waals surface area contributed by atoms with E-state index < -0.39 is 5.97 Å². The van der Waals surface area contributed by atoms with Crippen molar-refractivity contribution < 1.29 is 28.2 Å². The molecule has 0 saturated heterocycles. The molecule has 28 heavy (non-hydrogen) atoms. The first-order valence-electron chi connectivity index (χ1n) is 8.54. The van der Waals surface area contributed by atoms with Gasteiger partial charge in [0.25, 0.3) is 0 Å².